The molecule has 10 nitrogen and oxygen atoms in total. The van der Waals surface area contributed by atoms with Crippen LogP contribution in [0.5, 0.6) is 0 Å². The smallest absolute Gasteiger partial charge is 0.335 e. The fourth-order valence-electron chi connectivity index (χ4n) is 5.48. The van der Waals surface area contributed by atoms with Crippen molar-refractivity contribution in [3.05, 3.63) is 94.1 Å². The van der Waals surface area contributed by atoms with Gasteiger partial charge in [-0.2, -0.15) is 30.9 Å². The highest BCUT2D eigenvalue weighted by atomic mass is 19.4. The van der Waals surface area contributed by atoms with E-state index in [1.165, 1.54) is 13.0 Å². The van der Waals surface area contributed by atoms with E-state index in [1.807, 2.05) is 0 Å². The Morgan fingerprint density at radius 3 is 2.24 bits per heavy atom. The van der Waals surface area contributed by atoms with Crippen molar-refractivity contribution in [2.75, 3.05) is 13.1 Å². The molecule has 0 spiro atoms. The molecule has 0 atom stereocenters. The van der Waals surface area contributed by atoms with E-state index in [2.05, 4.69) is 10.2 Å². The van der Waals surface area contributed by atoms with Crippen molar-refractivity contribution in [3.63, 3.8) is 0 Å². The lowest BCUT2D eigenvalue weighted by Crippen LogP contribution is -2.51. The number of likely N-dealkylation sites (tertiary alicyclic amines) is 1. The lowest BCUT2D eigenvalue weighted by atomic mass is 10.1. The number of nitrogens with one attached hydrogen (secondary N) is 1. The van der Waals surface area contributed by atoms with E-state index in [9.17, 15) is 40.7 Å². The van der Waals surface area contributed by atoms with Gasteiger partial charge in [-0.15, -0.1) is 0 Å². The number of piperidine rings is 1. The van der Waals surface area contributed by atoms with E-state index in [-0.39, 0.29) is 48.8 Å². The molecule has 4 aromatic rings. The highest BCUT2D eigenvalue weighted by Gasteiger charge is 2.43. The Labute approximate surface area is 257 Å². The van der Waals surface area contributed by atoms with Crippen LogP contribution in [-0.2, 0) is 18.0 Å². The van der Waals surface area contributed by atoms with E-state index in [0.717, 1.165) is 27.3 Å². The molecule has 2 aromatic heterocycles. The first-order chi connectivity index (χ1) is 21.6. The number of alkyl halides is 6. The Morgan fingerprint density at radius 1 is 1.00 bits per heavy atom. The van der Waals surface area contributed by atoms with Crippen LogP contribution in [0.1, 0.15) is 24.1 Å². The fraction of sp³-hybridized carbons (Fsp3) is 0.300. The number of imidazole rings is 2. The molecule has 46 heavy (non-hydrogen) atoms. The van der Waals surface area contributed by atoms with Gasteiger partial charge in [0.2, 0.25) is 0 Å². The van der Waals surface area contributed by atoms with Gasteiger partial charge < -0.3 is 10.2 Å². The molecule has 0 bridgehead atoms. The summed E-state index contributed by atoms with van der Waals surface area (Å²) in [6.07, 6.45) is -6.52. The van der Waals surface area contributed by atoms with Crippen LogP contribution in [0.25, 0.3) is 27.7 Å². The molecular weight excluding hydrogens is 620 g/mol. The van der Waals surface area contributed by atoms with Crippen LogP contribution in [0.2, 0.25) is 0 Å². The van der Waals surface area contributed by atoms with Gasteiger partial charge in [0.1, 0.15) is 18.1 Å². The first-order valence-corrected chi connectivity index (χ1v) is 13.9. The van der Waals surface area contributed by atoms with Crippen LogP contribution in [-0.4, -0.2) is 55.8 Å². The normalized spacial score (nSPS) is 14.3. The van der Waals surface area contributed by atoms with Crippen LogP contribution in [0.3, 0.4) is 0 Å². The third-order valence-electron chi connectivity index (χ3n) is 7.74. The summed E-state index contributed by atoms with van der Waals surface area (Å²) in [4.78, 5) is 43.5. The number of carbonyl (C=O) groups is 2. The van der Waals surface area contributed by atoms with E-state index >= 15 is 0 Å². The van der Waals surface area contributed by atoms with E-state index in [1.54, 1.807) is 52.8 Å². The molecule has 16 heteroatoms. The maximum atomic E-state index is 14.0. The van der Waals surface area contributed by atoms with Crippen molar-refractivity contribution < 1.29 is 40.5 Å². The summed E-state index contributed by atoms with van der Waals surface area (Å²) in [5, 5.41) is 2.66. The minimum atomic E-state index is -5.04. The molecule has 2 amide bonds. The quantitative estimate of drug-likeness (QED) is 0.194. The second kappa shape index (κ2) is 11.9. The standard InChI is InChI=1S/C30H25F6N7O3/c1-18-24(25-39(3)15-16-41(25)22-9-7-20(37-2)8-10-22)43(28(46)42(18)23-6-4-5-19(17-23)29(31,32)33)27(45)38-21-11-13-40(14-12-21)26(44)30(34,35)36/h4-10,15-17,21H,11-14H2,1,3H3/p+1. The fourth-order valence-corrected chi connectivity index (χ4v) is 5.48. The molecular formula is C30H26F6N7O3+. The Bertz CT molecular complexity index is 1900. The number of halogens is 6. The number of hydrogen-bond donors (Lipinski definition) is 1. The Kier molecular flexibility index (Phi) is 8.28. The zero-order chi connectivity index (χ0) is 33.6. The molecule has 2 aromatic carbocycles. The summed E-state index contributed by atoms with van der Waals surface area (Å²) >= 11 is 0. The topological polar surface area (TPSA) is 89.5 Å². The average Bonchev–Trinajstić information content (AvgIpc) is 3.51. The monoisotopic (exact) mass is 646 g/mol. The van der Waals surface area contributed by atoms with Crippen molar-refractivity contribution in [1.29, 1.82) is 0 Å². The van der Waals surface area contributed by atoms with Crippen molar-refractivity contribution in [2.45, 2.75) is 38.2 Å². The maximum absolute atomic E-state index is 14.0. The van der Waals surface area contributed by atoms with Gasteiger partial charge >= 0.3 is 35.8 Å². The number of carbonyl (C=O) groups excluding carboxylic acids is 2. The molecule has 5 rings (SSSR count). The third kappa shape index (κ3) is 6.00. The van der Waals surface area contributed by atoms with Crippen molar-refractivity contribution in [2.24, 2.45) is 7.05 Å². The van der Waals surface area contributed by atoms with Gasteiger partial charge in [0.15, 0.2) is 11.4 Å². The summed E-state index contributed by atoms with van der Waals surface area (Å²) in [6, 6.07) is 8.85. The molecule has 1 aliphatic heterocycles. The Balaban J connectivity index is 1.61. The predicted octanol–water partition coefficient (Wildman–Crippen LogP) is 4.91. The van der Waals surface area contributed by atoms with Crippen LogP contribution < -0.4 is 15.6 Å². The van der Waals surface area contributed by atoms with Crippen LogP contribution >= 0.6 is 0 Å². The lowest BCUT2D eigenvalue weighted by Gasteiger charge is -2.32. The number of amides is 2. The van der Waals surface area contributed by atoms with Gasteiger partial charge in [-0.25, -0.2) is 23.6 Å². The van der Waals surface area contributed by atoms with Crippen molar-refractivity contribution >= 4 is 17.6 Å². The molecule has 0 unspecified atom stereocenters. The summed E-state index contributed by atoms with van der Waals surface area (Å²) in [5.74, 6) is -1.70. The molecule has 0 radical (unpaired) electrons. The molecule has 0 aliphatic carbocycles. The number of hydrogen-bond acceptors (Lipinski definition) is 3. The first-order valence-electron chi connectivity index (χ1n) is 13.9. The zero-order valence-corrected chi connectivity index (χ0v) is 24.4. The van der Waals surface area contributed by atoms with E-state index in [4.69, 9.17) is 6.57 Å². The maximum Gasteiger partial charge on any atom is 0.471 e. The van der Waals surface area contributed by atoms with Crippen molar-refractivity contribution in [1.82, 2.24) is 23.9 Å². The van der Waals surface area contributed by atoms with Gasteiger partial charge in [0.05, 0.1) is 30.6 Å². The average molecular weight is 647 g/mol. The largest absolute Gasteiger partial charge is 0.471 e. The molecule has 1 fully saturated rings. The minimum Gasteiger partial charge on any atom is -0.335 e. The number of nitrogens with zero attached hydrogens (tertiary/aromatic N) is 6. The van der Waals surface area contributed by atoms with Gasteiger partial charge in [-0.3, -0.25) is 9.36 Å². The number of aryl methyl sites for hydroxylation is 1. The van der Waals surface area contributed by atoms with Gasteiger partial charge in [0, 0.05) is 19.1 Å². The highest BCUT2D eigenvalue weighted by Crippen LogP contribution is 2.32. The second-order valence-corrected chi connectivity index (χ2v) is 10.7. The molecule has 1 N–H and O–H groups in total. The van der Waals surface area contributed by atoms with Gasteiger partial charge in [-0.05, 0) is 50.1 Å². The summed E-state index contributed by atoms with van der Waals surface area (Å²) in [6.45, 7) is 8.12. The van der Waals surface area contributed by atoms with Gasteiger partial charge in [-0.1, -0.05) is 18.2 Å². The lowest BCUT2D eigenvalue weighted by molar-refractivity contribution is -0.659. The number of aromatic nitrogens is 4. The number of benzene rings is 2. The minimum absolute atomic E-state index is 0.0253. The Hall–Kier alpha value is -5.33. The molecule has 1 saturated heterocycles. The molecule has 1 aliphatic rings. The zero-order valence-electron chi connectivity index (χ0n) is 24.4. The molecule has 240 valence electrons. The third-order valence-corrected chi connectivity index (χ3v) is 7.74. The second-order valence-electron chi connectivity index (χ2n) is 10.7. The molecule has 0 saturated carbocycles. The summed E-state index contributed by atoms with van der Waals surface area (Å²) < 4.78 is 84.5. The first kappa shape index (κ1) is 32.1. The summed E-state index contributed by atoms with van der Waals surface area (Å²) in [7, 11) is 1.64. The van der Waals surface area contributed by atoms with Crippen LogP contribution in [0, 0.1) is 13.5 Å². The van der Waals surface area contributed by atoms with E-state index < -0.39 is 41.6 Å². The summed E-state index contributed by atoms with van der Waals surface area (Å²) in [5.41, 5.74) is -1.06. The number of rotatable bonds is 4. The predicted molar refractivity (Wildman–Crippen MR) is 152 cm³/mol. The van der Waals surface area contributed by atoms with Crippen LogP contribution in [0.15, 0.2) is 65.7 Å². The Morgan fingerprint density at radius 2 is 1.65 bits per heavy atom. The van der Waals surface area contributed by atoms with Crippen LogP contribution in [0.4, 0.5) is 36.8 Å². The SMILES string of the molecule is [C-]#[N+]c1ccc(-n2cc[n+](C)c2-c2c(C)n(-c3cccc(C(F)(F)F)c3)c(=O)n2C(=O)NC2CCN(C(=O)C(F)(F)F)CC2)cc1. The van der Waals surface area contributed by atoms with Gasteiger partial charge in [0.25, 0.3) is 0 Å². The molecule has 3 heterocycles. The van der Waals surface area contributed by atoms with E-state index in [0.29, 0.717) is 16.3 Å². The van der Waals surface area contributed by atoms with Crippen molar-refractivity contribution in [3.8, 4) is 22.9 Å². The highest BCUT2D eigenvalue weighted by molar-refractivity contribution is 5.83.